The molecule has 3 aliphatic rings. The highest BCUT2D eigenvalue weighted by atomic mass is 16.5. The first-order chi connectivity index (χ1) is 14.3. The summed E-state index contributed by atoms with van der Waals surface area (Å²) in [5.41, 5.74) is 3.68. The molecule has 0 N–H and O–H groups in total. The van der Waals surface area contributed by atoms with E-state index in [1.165, 1.54) is 11.1 Å². The molecular weight excluding hydrogens is 360 g/mol. The summed E-state index contributed by atoms with van der Waals surface area (Å²) in [5.74, 6) is 0.312. The first-order valence-electron chi connectivity index (χ1n) is 11.0. The van der Waals surface area contributed by atoms with E-state index < -0.39 is 5.41 Å². The van der Waals surface area contributed by atoms with E-state index in [1.54, 1.807) is 0 Å². The molecule has 0 aliphatic carbocycles. The molecule has 29 heavy (non-hydrogen) atoms. The summed E-state index contributed by atoms with van der Waals surface area (Å²) in [6.45, 7) is 5.18. The molecule has 2 saturated heterocycles. The first kappa shape index (κ1) is 18.8. The Bertz CT molecular complexity index is 860. The van der Waals surface area contributed by atoms with Gasteiger partial charge < -0.3 is 9.64 Å². The number of ether oxygens (including phenoxy) is 1. The normalized spacial score (nSPS) is 24.3. The number of hydrogen-bond acceptors (Lipinski definition) is 3. The predicted octanol–water partition coefficient (Wildman–Crippen LogP) is 3.39. The van der Waals surface area contributed by atoms with Crippen molar-refractivity contribution in [1.29, 1.82) is 0 Å². The van der Waals surface area contributed by atoms with Gasteiger partial charge in [0.05, 0.1) is 5.41 Å². The average Bonchev–Trinajstić information content (AvgIpc) is 3.29. The number of rotatable bonds is 3. The van der Waals surface area contributed by atoms with Gasteiger partial charge in [0.2, 0.25) is 5.91 Å². The van der Waals surface area contributed by atoms with Crippen molar-refractivity contribution in [2.24, 2.45) is 0 Å². The van der Waals surface area contributed by atoms with Crippen LogP contribution in [0.1, 0.15) is 36.0 Å². The summed E-state index contributed by atoms with van der Waals surface area (Å²) < 4.78 is 5.63. The third-order valence-electron chi connectivity index (χ3n) is 7.21. The number of benzene rings is 2. The summed E-state index contributed by atoms with van der Waals surface area (Å²) in [5, 5.41) is 0. The molecule has 5 rings (SSSR count). The van der Waals surface area contributed by atoms with Crippen LogP contribution in [0.4, 0.5) is 0 Å². The Morgan fingerprint density at radius 2 is 1.66 bits per heavy atom. The van der Waals surface area contributed by atoms with Gasteiger partial charge in [0, 0.05) is 45.4 Å². The maximum absolute atomic E-state index is 13.8. The van der Waals surface area contributed by atoms with Crippen molar-refractivity contribution < 1.29 is 9.53 Å². The van der Waals surface area contributed by atoms with Gasteiger partial charge in [-0.2, -0.15) is 0 Å². The molecule has 0 radical (unpaired) electrons. The van der Waals surface area contributed by atoms with Crippen LogP contribution in [-0.4, -0.2) is 54.6 Å². The fourth-order valence-corrected chi connectivity index (χ4v) is 5.46. The van der Waals surface area contributed by atoms with Crippen LogP contribution in [0.25, 0.3) is 0 Å². The summed E-state index contributed by atoms with van der Waals surface area (Å²) in [6, 6.07) is 19.6. The fourth-order valence-electron chi connectivity index (χ4n) is 5.46. The molecule has 0 bridgehead atoms. The van der Waals surface area contributed by atoms with Crippen LogP contribution in [0.3, 0.4) is 0 Å². The second kappa shape index (κ2) is 7.92. The molecule has 4 nitrogen and oxygen atoms in total. The lowest BCUT2D eigenvalue weighted by Gasteiger charge is -2.39. The van der Waals surface area contributed by atoms with Crippen LogP contribution in [0.5, 0.6) is 0 Å². The smallest absolute Gasteiger partial charge is 0.233 e. The van der Waals surface area contributed by atoms with E-state index in [4.69, 9.17) is 4.74 Å². The van der Waals surface area contributed by atoms with Crippen LogP contribution < -0.4 is 0 Å². The van der Waals surface area contributed by atoms with Gasteiger partial charge in [-0.3, -0.25) is 9.69 Å². The number of amides is 1. The minimum absolute atomic E-state index is 0.312. The van der Waals surface area contributed by atoms with E-state index in [1.807, 2.05) is 6.07 Å². The van der Waals surface area contributed by atoms with E-state index in [0.717, 1.165) is 57.4 Å². The number of nitrogens with zero attached hydrogens (tertiary/aromatic N) is 2. The van der Waals surface area contributed by atoms with E-state index in [2.05, 4.69) is 58.3 Å². The quantitative estimate of drug-likeness (QED) is 0.805. The molecule has 3 aliphatic heterocycles. The molecule has 1 amide bonds. The topological polar surface area (TPSA) is 32.8 Å². The van der Waals surface area contributed by atoms with Crippen molar-refractivity contribution in [3.05, 3.63) is 71.3 Å². The Balaban J connectivity index is 1.32. The minimum atomic E-state index is -0.414. The fraction of sp³-hybridized carbons (Fsp3) is 0.480. The Morgan fingerprint density at radius 1 is 0.931 bits per heavy atom. The highest BCUT2D eigenvalue weighted by Gasteiger charge is 2.46. The Hall–Kier alpha value is -2.17. The lowest BCUT2D eigenvalue weighted by molar-refractivity contribution is -0.140. The van der Waals surface area contributed by atoms with Crippen LogP contribution in [0, 0.1) is 0 Å². The molecular formula is C25H30N2O2. The second-order valence-electron chi connectivity index (χ2n) is 8.74. The van der Waals surface area contributed by atoms with Gasteiger partial charge in [0.15, 0.2) is 0 Å². The summed E-state index contributed by atoms with van der Waals surface area (Å²) in [7, 11) is 0. The third-order valence-corrected chi connectivity index (χ3v) is 7.21. The zero-order valence-electron chi connectivity index (χ0n) is 17.1. The first-order valence-corrected chi connectivity index (χ1v) is 11.0. The van der Waals surface area contributed by atoms with Crippen LogP contribution >= 0.6 is 0 Å². The molecule has 0 aromatic heterocycles. The number of carbonyl (C=O) groups excluding carboxylic acids is 1. The Kier molecular flexibility index (Phi) is 5.15. The number of likely N-dealkylation sites (tertiary alicyclic amines) is 1. The highest BCUT2D eigenvalue weighted by molar-refractivity contribution is 5.88. The largest absolute Gasteiger partial charge is 0.381 e. The molecule has 152 valence electrons. The van der Waals surface area contributed by atoms with Gasteiger partial charge in [-0.1, -0.05) is 54.6 Å². The van der Waals surface area contributed by atoms with E-state index in [-0.39, 0.29) is 0 Å². The van der Waals surface area contributed by atoms with Crippen LogP contribution in [0.2, 0.25) is 0 Å². The molecule has 2 aromatic rings. The molecule has 1 atom stereocenters. The van der Waals surface area contributed by atoms with Gasteiger partial charge >= 0.3 is 0 Å². The molecule has 0 spiro atoms. The zero-order chi connectivity index (χ0) is 19.7. The highest BCUT2D eigenvalue weighted by Crippen LogP contribution is 2.38. The van der Waals surface area contributed by atoms with Crippen molar-refractivity contribution in [2.75, 3.05) is 32.8 Å². The van der Waals surface area contributed by atoms with Crippen LogP contribution in [0.15, 0.2) is 54.6 Å². The standard InChI is InChI=1S/C25H30N2O2/c28-24(25(12-16-29-17-13-25)22-8-2-1-3-9-22)27-15-11-23(19-27)26-14-10-20-6-4-5-7-21(20)18-26/h1-9,23H,10-19H2. The van der Waals surface area contributed by atoms with Gasteiger partial charge in [0.25, 0.3) is 0 Å². The maximum Gasteiger partial charge on any atom is 0.233 e. The van der Waals surface area contributed by atoms with Crippen molar-refractivity contribution >= 4 is 5.91 Å². The SMILES string of the molecule is O=C(N1CCC(N2CCc3ccccc3C2)C1)C1(c2ccccc2)CCOCC1. The van der Waals surface area contributed by atoms with E-state index in [0.29, 0.717) is 25.2 Å². The van der Waals surface area contributed by atoms with Gasteiger partial charge in [-0.15, -0.1) is 0 Å². The monoisotopic (exact) mass is 390 g/mol. The maximum atomic E-state index is 13.8. The molecule has 2 fully saturated rings. The van der Waals surface area contributed by atoms with Gasteiger partial charge in [-0.25, -0.2) is 0 Å². The summed E-state index contributed by atoms with van der Waals surface area (Å²) in [4.78, 5) is 18.5. The van der Waals surface area contributed by atoms with E-state index >= 15 is 0 Å². The summed E-state index contributed by atoms with van der Waals surface area (Å²) in [6.07, 6.45) is 3.77. The number of carbonyl (C=O) groups is 1. The molecule has 2 aromatic carbocycles. The van der Waals surface area contributed by atoms with E-state index in [9.17, 15) is 4.79 Å². The lowest BCUT2D eigenvalue weighted by atomic mass is 9.73. The van der Waals surface area contributed by atoms with Crippen molar-refractivity contribution in [3.63, 3.8) is 0 Å². The van der Waals surface area contributed by atoms with Gasteiger partial charge in [-0.05, 0) is 42.4 Å². The lowest BCUT2D eigenvalue weighted by Crippen LogP contribution is -2.50. The number of hydrogen-bond donors (Lipinski definition) is 0. The third kappa shape index (κ3) is 3.49. The summed E-state index contributed by atoms with van der Waals surface area (Å²) >= 11 is 0. The van der Waals surface area contributed by atoms with Crippen molar-refractivity contribution in [1.82, 2.24) is 9.80 Å². The number of fused-ring (bicyclic) bond motifs is 1. The average molecular weight is 391 g/mol. The van der Waals surface area contributed by atoms with Crippen molar-refractivity contribution in [2.45, 2.75) is 43.7 Å². The minimum Gasteiger partial charge on any atom is -0.381 e. The van der Waals surface area contributed by atoms with Crippen molar-refractivity contribution in [3.8, 4) is 0 Å². The Labute approximate surface area is 173 Å². The molecule has 4 heteroatoms. The van der Waals surface area contributed by atoms with Gasteiger partial charge in [0.1, 0.15) is 0 Å². The zero-order valence-corrected chi connectivity index (χ0v) is 17.1. The molecule has 0 saturated carbocycles. The molecule has 1 unspecified atom stereocenters. The molecule has 3 heterocycles. The predicted molar refractivity (Wildman–Crippen MR) is 114 cm³/mol. The van der Waals surface area contributed by atoms with Crippen LogP contribution in [-0.2, 0) is 27.9 Å². The second-order valence-corrected chi connectivity index (χ2v) is 8.74. The Morgan fingerprint density at radius 3 is 2.45 bits per heavy atom.